The van der Waals surface area contributed by atoms with Crippen LogP contribution < -0.4 is 20.1 Å². The van der Waals surface area contributed by atoms with Gasteiger partial charge >= 0.3 is 0 Å². The number of pyridine rings is 1. The SMILES string of the molecule is COc1cc(NC(=O)COc2cccc(C(C)=O)c2)ccc1NC(=O)c1cccnc1. The van der Waals surface area contributed by atoms with E-state index in [0.29, 0.717) is 34.0 Å². The summed E-state index contributed by atoms with van der Waals surface area (Å²) in [5.41, 5.74) is 1.84. The van der Waals surface area contributed by atoms with Gasteiger partial charge in [-0.15, -0.1) is 0 Å². The van der Waals surface area contributed by atoms with Crippen LogP contribution in [0.5, 0.6) is 11.5 Å². The molecule has 31 heavy (non-hydrogen) atoms. The Bertz CT molecular complexity index is 1100. The van der Waals surface area contributed by atoms with Gasteiger partial charge in [-0.25, -0.2) is 0 Å². The number of nitrogens with one attached hydrogen (secondary N) is 2. The highest BCUT2D eigenvalue weighted by Crippen LogP contribution is 2.28. The first kappa shape index (κ1) is 21.5. The van der Waals surface area contributed by atoms with Crippen LogP contribution in [0, 0.1) is 0 Å². The second-order valence-electron chi connectivity index (χ2n) is 6.53. The lowest BCUT2D eigenvalue weighted by atomic mass is 10.1. The minimum atomic E-state index is -0.387. The number of carbonyl (C=O) groups excluding carboxylic acids is 3. The van der Waals surface area contributed by atoms with Gasteiger partial charge < -0.3 is 20.1 Å². The number of hydrogen-bond acceptors (Lipinski definition) is 6. The Hall–Kier alpha value is -4.20. The molecule has 0 bridgehead atoms. The lowest BCUT2D eigenvalue weighted by Crippen LogP contribution is -2.20. The molecule has 0 spiro atoms. The van der Waals surface area contributed by atoms with E-state index in [1.165, 1.54) is 20.2 Å². The zero-order valence-electron chi connectivity index (χ0n) is 17.0. The molecule has 8 heteroatoms. The van der Waals surface area contributed by atoms with Gasteiger partial charge in [-0.2, -0.15) is 0 Å². The fourth-order valence-electron chi connectivity index (χ4n) is 2.71. The van der Waals surface area contributed by atoms with Crippen molar-refractivity contribution in [2.24, 2.45) is 0 Å². The molecule has 2 amide bonds. The molecule has 2 aromatic carbocycles. The van der Waals surface area contributed by atoms with Gasteiger partial charge in [0.1, 0.15) is 11.5 Å². The van der Waals surface area contributed by atoms with Crippen LogP contribution in [0.3, 0.4) is 0 Å². The summed E-state index contributed by atoms with van der Waals surface area (Å²) in [6.45, 7) is 1.23. The first-order chi connectivity index (χ1) is 15.0. The lowest BCUT2D eigenvalue weighted by Gasteiger charge is -2.13. The molecule has 0 radical (unpaired) electrons. The summed E-state index contributed by atoms with van der Waals surface area (Å²) in [7, 11) is 1.46. The van der Waals surface area contributed by atoms with E-state index in [-0.39, 0.29) is 24.2 Å². The summed E-state index contributed by atoms with van der Waals surface area (Å²) in [6, 6.07) is 14.8. The van der Waals surface area contributed by atoms with E-state index in [1.807, 2.05) is 0 Å². The molecule has 0 aliphatic carbocycles. The fourth-order valence-corrected chi connectivity index (χ4v) is 2.71. The molecule has 158 valence electrons. The molecule has 1 aromatic heterocycles. The minimum absolute atomic E-state index is 0.0855. The van der Waals surface area contributed by atoms with Crippen molar-refractivity contribution in [3.63, 3.8) is 0 Å². The first-order valence-corrected chi connectivity index (χ1v) is 9.39. The van der Waals surface area contributed by atoms with E-state index >= 15 is 0 Å². The molecule has 1 heterocycles. The maximum absolute atomic E-state index is 12.3. The zero-order valence-corrected chi connectivity index (χ0v) is 17.0. The van der Waals surface area contributed by atoms with Gasteiger partial charge in [0, 0.05) is 29.7 Å². The van der Waals surface area contributed by atoms with Crippen LogP contribution in [0.25, 0.3) is 0 Å². The maximum Gasteiger partial charge on any atom is 0.262 e. The molecular weight excluding hydrogens is 398 g/mol. The smallest absolute Gasteiger partial charge is 0.262 e. The number of ether oxygens (including phenoxy) is 2. The number of amides is 2. The molecule has 0 aliphatic rings. The van der Waals surface area contributed by atoms with Gasteiger partial charge in [-0.3, -0.25) is 19.4 Å². The van der Waals surface area contributed by atoms with Crippen molar-refractivity contribution in [2.75, 3.05) is 24.4 Å². The number of nitrogens with zero attached hydrogens (tertiary/aromatic N) is 1. The fraction of sp³-hybridized carbons (Fsp3) is 0.130. The number of Topliss-reactive ketones (excluding diaryl/α,β-unsaturated/α-hetero) is 1. The van der Waals surface area contributed by atoms with Gasteiger partial charge in [0.25, 0.3) is 11.8 Å². The number of hydrogen-bond donors (Lipinski definition) is 2. The monoisotopic (exact) mass is 419 g/mol. The third-order valence-electron chi connectivity index (χ3n) is 4.27. The average molecular weight is 419 g/mol. The van der Waals surface area contributed by atoms with E-state index in [0.717, 1.165) is 0 Å². The summed E-state index contributed by atoms with van der Waals surface area (Å²) in [6.07, 6.45) is 3.04. The van der Waals surface area contributed by atoms with Crippen molar-refractivity contribution in [1.29, 1.82) is 0 Å². The van der Waals surface area contributed by atoms with Gasteiger partial charge in [-0.1, -0.05) is 12.1 Å². The van der Waals surface area contributed by atoms with Crippen LogP contribution in [0.2, 0.25) is 0 Å². The molecule has 3 rings (SSSR count). The Morgan fingerprint density at radius 2 is 1.77 bits per heavy atom. The maximum atomic E-state index is 12.3. The van der Waals surface area contributed by atoms with Crippen molar-refractivity contribution in [1.82, 2.24) is 4.98 Å². The highest BCUT2D eigenvalue weighted by atomic mass is 16.5. The predicted molar refractivity (Wildman–Crippen MR) is 116 cm³/mol. The standard InChI is InChI=1S/C23H21N3O5/c1-15(27)16-5-3-7-19(11-16)31-14-22(28)25-18-8-9-20(21(12-18)30-2)26-23(29)17-6-4-10-24-13-17/h3-13H,14H2,1-2H3,(H,25,28)(H,26,29). The summed E-state index contributed by atoms with van der Waals surface area (Å²) in [4.78, 5) is 39.9. The molecule has 0 fully saturated rings. The predicted octanol–water partition coefficient (Wildman–Crippen LogP) is 3.56. The highest BCUT2D eigenvalue weighted by Gasteiger charge is 2.12. The second kappa shape index (κ2) is 10.0. The van der Waals surface area contributed by atoms with Crippen LogP contribution in [0.15, 0.2) is 67.0 Å². The number of aromatic nitrogens is 1. The quantitative estimate of drug-likeness (QED) is 0.541. The summed E-state index contributed by atoms with van der Waals surface area (Å²) >= 11 is 0. The van der Waals surface area contributed by atoms with E-state index in [4.69, 9.17) is 9.47 Å². The molecule has 3 aromatic rings. The van der Waals surface area contributed by atoms with Crippen molar-refractivity contribution in [2.45, 2.75) is 6.92 Å². The van der Waals surface area contributed by atoms with Crippen LogP contribution in [-0.4, -0.2) is 36.3 Å². The Kier molecular flexibility index (Phi) is 6.95. The van der Waals surface area contributed by atoms with Crippen molar-refractivity contribution < 1.29 is 23.9 Å². The Morgan fingerprint density at radius 1 is 0.968 bits per heavy atom. The topological polar surface area (TPSA) is 107 Å². The van der Waals surface area contributed by atoms with Crippen molar-refractivity contribution >= 4 is 29.0 Å². The average Bonchev–Trinajstić information content (AvgIpc) is 2.79. The van der Waals surface area contributed by atoms with Crippen LogP contribution >= 0.6 is 0 Å². The summed E-state index contributed by atoms with van der Waals surface area (Å²) in [5.74, 6) is 0.00326. The Labute approximate surface area is 179 Å². The highest BCUT2D eigenvalue weighted by molar-refractivity contribution is 6.05. The van der Waals surface area contributed by atoms with Gasteiger partial charge in [0.05, 0.1) is 18.4 Å². The molecule has 0 saturated carbocycles. The minimum Gasteiger partial charge on any atom is -0.494 e. The molecule has 0 unspecified atom stereocenters. The summed E-state index contributed by atoms with van der Waals surface area (Å²) < 4.78 is 10.8. The van der Waals surface area contributed by atoms with E-state index in [1.54, 1.807) is 60.8 Å². The lowest BCUT2D eigenvalue weighted by molar-refractivity contribution is -0.118. The van der Waals surface area contributed by atoms with Gasteiger partial charge in [-0.05, 0) is 43.3 Å². The number of ketones is 1. The number of rotatable bonds is 8. The molecule has 0 aliphatic heterocycles. The molecule has 0 saturated heterocycles. The number of benzene rings is 2. The zero-order chi connectivity index (χ0) is 22.2. The number of methoxy groups -OCH3 is 1. The van der Waals surface area contributed by atoms with E-state index in [2.05, 4.69) is 15.6 Å². The van der Waals surface area contributed by atoms with Crippen molar-refractivity contribution in [3.8, 4) is 11.5 Å². The number of anilines is 2. The Balaban J connectivity index is 1.61. The van der Waals surface area contributed by atoms with Crippen LogP contribution in [0.1, 0.15) is 27.6 Å². The van der Waals surface area contributed by atoms with Gasteiger partial charge in [0.15, 0.2) is 12.4 Å². The van der Waals surface area contributed by atoms with Crippen LogP contribution in [-0.2, 0) is 4.79 Å². The van der Waals surface area contributed by atoms with Crippen LogP contribution in [0.4, 0.5) is 11.4 Å². The molecular formula is C23H21N3O5. The number of carbonyl (C=O) groups is 3. The van der Waals surface area contributed by atoms with E-state index in [9.17, 15) is 14.4 Å². The third-order valence-corrected chi connectivity index (χ3v) is 4.27. The summed E-state index contributed by atoms with van der Waals surface area (Å²) in [5, 5.41) is 5.45. The molecule has 2 N–H and O–H groups in total. The molecule has 0 atom stereocenters. The van der Waals surface area contributed by atoms with E-state index < -0.39 is 0 Å². The third kappa shape index (κ3) is 5.89. The van der Waals surface area contributed by atoms with Gasteiger partial charge in [0.2, 0.25) is 0 Å². The van der Waals surface area contributed by atoms with Crippen molar-refractivity contribution in [3.05, 3.63) is 78.1 Å². The Morgan fingerprint density at radius 3 is 2.48 bits per heavy atom. The first-order valence-electron chi connectivity index (χ1n) is 9.39. The second-order valence-corrected chi connectivity index (χ2v) is 6.53. The normalized spacial score (nSPS) is 10.1. The molecule has 8 nitrogen and oxygen atoms in total. The largest absolute Gasteiger partial charge is 0.494 e.